The van der Waals surface area contributed by atoms with Crippen LogP contribution in [0.2, 0.25) is 0 Å². The maximum absolute atomic E-state index is 12.8. The van der Waals surface area contributed by atoms with Gasteiger partial charge in [-0.05, 0) is 42.0 Å². The molecule has 0 atom stereocenters. The molecule has 7 heteroatoms. The van der Waals surface area contributed by atoms with Gasteiger partial charge in [-0.25, -0.2) is 9.59 Å². The molecule has 0 spiro atoms. The second-order valence-corrected chi connectivity index (χ2v) is 9.00. The Morgan fingerprint density at radius 3 is 2.18 bits per heavy atom. The smallest absolute Gasteiger partial charge is 0.407 e. The monoisotopic (exact) mass is 462 g/mol. The van der Waals surface area contributed by atoms with Crippen LogP contribution in [0.15, 0.2) is 60.2 Å². The summed E-state index contributed by atoms with van der Waals surface area (Å²) in [7, 11) is 1.54. The van der Waals surface area contributed by atoms with Crippen LogP contribution < -0.4 is 5.32 Å². The average Bonchev–Trinajstić information content (AvgIpc) is 3.46. The van der Waals surface area contributed by atoms with Crippen LogP contribution in [0.25, 0.3) is 11.1 Å². The molecule has 2 N–H and O–H groups in total. The fourth-order valence-corrected chi connectivity index (χ4v) is 5.14. The number of amides is 2. The van der Waals surface area contributed by atoms with Gasteiger partial charge in [-0.1, -0.05) is 67.4 Å². The molecule has 0 saturated heterocycles. The summed E-state index contributed by atoms with van der Waals surface area (Å²) in [5.74, 6) is -1.34. The number of alkyl carbamates (subject to hydrolysis) is 1. The molecule has 2 aliphatic carbocycles. The van der Waals surface area contributed by atoms with E-state index in [1.807, 2.05) is 24.3 Å². The number of aliphatic carboxylic acids is 1. The van der Waals surface area contributed by atoms with Crippen LogP contribution in [0, 0.1) is 0 Å². The Balaban J connectivity index is 1.32. The third kappa shape index (κ3) is 4.30. The Morgan fingerprint density at radius 2 is 1.62 bits per heavy atom. The van der Waals surface area contributed by atoms with Crippen molar-refractivity contribution in [2.45, 2.75) is 44.1 Å². The molecule has 1 fully saturated rings. The van der Waals surface area contributed by atoms with Crippen LogP contribution >= 0.6 is 0 Å². The van der Waals surface area contributed by atoms with Crippen LogP contribution in [0.5, 0.6) is 0 Å². The number of benzene rings is 2. The lowest BCUT2D eigenvalue weighted by Crippen LogP contribution is -2.53. The van der Waals surface area contributed by atoms with Crippen molar-refractivity contribution in [1.82, 2.24) is 10.2 Å². The number of hydrogen-bond acceptors (Lipinski definition) is 4. The number of carbonyl (C=O) groups excluding carboxylic acids is 2. The average molecular weight is 463 g/mol. The van der Waals surface area contributed by atoms with Crippen LogP contribution in [-0.2, 0) is 14.3 Å². The van der Waals surface area contributed by atoms with Gasteiger partial charge < -0.3 is 20.1 Å². The molecular formula is C27H30N2O5. The van der Waals surface area contributed by atoms with E-state index in [0.29, 0.717) is 18.4 Å². The summed E-state index contributed by atoms with van der Waals surface area (Å²) in [5, 5.41) is 12.4. The number of rotatable bonds is 7. The molecule has 0 heterocycles. The van der Waals surface area contributed by atoms with Crippen LogP contribution in [0.1, 0.15) is 49.7 Å². The first-order chi connectivity index (χ1) is 16.3. The minimum absolute atomic E-state index is 0.0238. The predicted molar refractivity (Wildman–Crippen MR) is 128 cm³/mol. The molecule has 0 bridgehead atoms. The lowest BCUT2D eigenvalue weighted by molar-refractivity contribution is -0.156. The molecule has 2 amide bonds. The van der Waals surface area contributed by atoms with Crippen LogP contribution in [0.4, 0.5) is 4.79 Å². The van der Waals surface area contributed by atoms with Crippen molar-refractivity contribution in [3.05, 3.63) is 71.3 Å². The number of ether oxygens (including phenoxy) is 1. The zero-order valence-corrected chi connectivity index (χ0v) is 19.5. The van der Waals surface area contributed by atoms with Gasteiger partial charge in [0.1, 0.15) is 12.1 Å². The van der Waals surface area contributed by atoms with E-state index in [0.717, 1.165) is 35.1 Å². The van der Waals surface area contributed by atoms with Gasteiger partial charge >= 0.3 is 12.1 Å². The van der Waals surface area contributed by atoms with Crippen molar-refractivity contribution >= 4 is 18.0 Å². The van der Waals surface area contributed by atoms with Gasteiger partial charge in [-0.2, -0.15) is 0 Å². The quantitative estimate of drug-likeness (QED) is 0.597. The third-order valence-corrected chi connectivity index (χ3v) is 7.11. The molecule has 2 aromatic rings. The van der Waals surface area contributed by atoms with Gasteiger partial charge in [0, 0.05) is 25.1 Å². The van der Waals surface area contributed by atoms with Crippen molar-refractivity contribution in [2.75, 3.05) is 20.2 Å². The maximum atomic E-state index is 12.8. The first kappa shape index (κ1) is 23.5. The van der Waals surface area contributed by atoms with E-state index in [-0.39, 0.29) is 25.0 Å². The number of nitrogens with zero attached hydrogens (tertiary/aromatic N) is 1. The molecule has 4 rings (SSSR count). The second-order valence-electron chi connectivity index (χ2n) is 9.00. The zero-order chi connectivity index (χ0) is 24.3. The standard InChI is InChI=1S/C27H30N2O5/c1-18(24(30)29(2)27(25(31)32)14-7-8-15-27)13-16-28-26(33)34-17-23-21-11-5-3-9-19(21)20-10-4-6-12-22(20)23/h3-6,9-13,23H,7-8,14-17H2,1-2H3,(H,28,33)(H,31,32)/b18-13+. The number of likely N-dealkylation sites (N-methyl/N-ethyl adjacent to an activating group) is 1. The number of carboxylic acid groups (broad SMARTS) is 1. The van der Waals surface area contributed by atoms with Crippen molar-refractivity contribution in [1.29, 1.82) is 0 Å². The molecule has 0 radical (unpaired) electrons. The van der Waals surface area contributed by atoms with Gasteiger partial charge in [0.2, 0.25) is 5.91 Å². The van der Waals surface area contributed by atoms with Crippen molar-refractivity contribution in [2.24, 2.45) is 0 Å². The number of carbonyl (C=O) groups is 3. The lowest BCUT2D eigenvalue weighted by atomic mass is 9.95. The summed E-state index contributed by atoms with van der Waals surface area (Å²) in [5.41, 5.74) is 3.84. The molecule has 0 aliphatic heterocycles. The van der Waals surface area contributed by atoms with Crippen molar-refractivity contribution in [3.63, 3.8) is 0 Å². The van der Waals surface area contributed by atoms with Gasteiger partial charge in [-0.15, -0.1) is 0 Å². The number of carboxylic acids is 1. The summed E-state index contributed by atoms with van der Waals surface area (Å²) in [6, 6.07) is 16.3. The van der Waals surface area contributed by atoms with Crippen LogP contribution in [-0.4, -0.2) is 53.7 Å². The molecule has 0 aromatic heterocycles. The Bertz CT molecular complexity index is 1090. The molecule has 178 valence electrons. The summed E-state index contributed by atoms with van der Waals surface area (Å²) < 4.78 is 5.51. The van der Waals surface area contributed by atoms with Crippen molar-refractivity contribution in [3.8, 4) is 11.1 Å². The molecular weight excluding hydrogens is 432 g/mol. The van der Waals surface area contributed by atoms with Gasteiger partial charge in [0.05, 0.1) is 0 Å². The topological polar surface area (TPSA) is 95.9 Å². The molecule has 0 unspecified atom stereocenters. The van der Waals surface area contributed by atoms with E-state index < -0.39 is 17.6 Å². The van der Waals surface area contributed by atoms with Gasteiger partial charge in [0.25, 0.3) is 0 Å². The normalized spacial score (nSPS) is 16.5. The Labute approximate surface area is 199 Å². The van der Waals surface area contributed by atoms with Crippen LogP contribution in [0.3, 0.4) is 0 Å². The number of nitrogens with one attached hydrogen (secondary N) is 1. The number of fused-ring (bicyclic) bond motifs is 3. The van der Waals surface area contributed by atoms with Gasteiger partial charge in [0.15, 0.2) is 0 Å². The van der Waals surface area contributed by atoms with E-state index in [4.69, 9.17) is 4.74 Å². The number of hydrogen-bond donors (Lipinski definition) is 2. The van der Waals surface area contributed by atoms with Gasteiger partial charge in [-0.3, -0.25) is 4.79 Å². The minimum Gasteiger partial charge on any atom is -0.479 e. The first-order valence-electron chi connectivity index (χ1n) is 11.6. The molecule has 2 aliphatic rings. The molecule has 7 nitrogen and oxygen atoms in total. The van der Waals surface area contributed by atoms with E-state index >= 15 is 0 Å². The Morgan fingerprint density at radius 1 is 1.06 bits per heavy atom. The molecule has 2 aromatic carbocycles. The summed E-state index contributed by atoms with van der Waals surface area (Å²) in [4.78, 5) is 38.3. The fourth-order valence-electron chi connectivity index (χ4n) is 5.14. The fraction of sp³-hybridized carbons (Fsp3) is 0.370. The summed E-state index contributed by atoms with van der Waals surface area (Å²) >= 11 is 0. The maximum Gasteiger partial charge on any atom is 0.407 e. The summed E-state index contributed by atoms with van der Waals surface area (Å²) in [6.07, 6.45) is 3.51. The van der Waals surface area contributed by atoms with Crippen molar-refractivity contribution < 1.29 is 24.2 Å². The van der Waals surface area contributed by atoms with E-state index in [9.17, 15) is 19.5 Å². The summed E-state index contributed by atoms with van der Waals surface area (Å²) in [6.45, 7) is 1.95. The predicted octanol–water partition coefficient (Wildman–Crippen LogP) is 4.33. The molecule has 34 heavy (non-hydrogen) atoms. The van der Waals surface area contributed by atoms with E-state index in [2.05, 4.69) is 29.6 Å². The third-order valence-electron chi connectivity index (χ3n) is 7.11. The highest BCUT2D eigenvalue weighted by molar-refractivity contribution is 5.96. The largest absolute Gasteiger partial charge is 0.479 e. The lowest BCUT2D eigenvalue weighted by Gasteiger charge is -2.35. The second kappa shape index (κ2) is 9.71. The molecule has 1 saturated carbocycles. The highest BCUT2D eigenvalue weighted by atomic mass is 16.5. The highest BCUT2D eigenvalue weighted by Crippen LogP contribution is 2.44. The van der Waals surface area contributed by atoms with E-state index in [1.165, 1.54) is 11.9 Å². The highest BCUT2D eigenvalue weighted by Gasteiger charge is 2.47. The minimum atomic E-state index is -1.15. The first-order valence-corrected chi connectivity index (χ1v) is 11.6. The SMILES string of the molecule is C/C(=C\CNC(=O)OCC1c2ccccc2-c2ccccc21)C(=O)N(C)C1(C(=O)O)CCCC1. The Hall–Kier alpha value is -3.61. The zero-order valence-electron chi connectivity index (χ0n) is 19.5. The van der Waals surface area contributed by atoms with E-state index in [1.54, 1.807) is 13.0 Å². The Kier molecular flexibility index (Phi) is 6.72.